The third kappa shape index (κ3) is 3.43. The van der Waals surface area contributed by atoms with Crippen LogP contribution >= 0.6 is 0 Å². The number of aromatic carboxylic acids is 1. The first kappa shape index (κ1) is 18.6. The molecule has 0 spiro atoms. The third-order valence-electron chi connectivity index (χ3n) is 5.09. The summed E-state index contributed by atoms with van der Waals surface area (Å²) in [6.07, 6.45) is 0. The molecule has 0 bridgehead atoms. The molecule has 0 fully saturated rings. The fourth-order valence-corrected chi connectivity index (χ4v) is 3.63. The molecular weight excluding hydrogens is 369 g/mol. The van der Waals surface area contributed by atoms with Gasteiger partial charge in [0.1, 0.15) is 5.82 Å². The van der Waals surface area contributed by atoms with E-state index in [1.165, 1.54) is 18.2 Å². The largest absolute Gasteiger partial charge is 0.478 e. The van der Waals surface area contributed by atoms with Gasteiger partial charge in [-0.15, -0.1) is 0 Å². The number of hydrogen-bond acceptors (Lipinski definition) is 2. The Hall–Kier alpha value is -3.73. The average molecular weight is 387 g/mol. The van der Waals surface area contributed by atoms with E-state index in [-0.39, 0.29) is 23.8 Å². The van der Waals surface area contributed by atoms with E-state index in [1.807, 2.05) is 31.2 Å². The number of anilines is 1. The molecule has 1 aliphatic rings. The lowest BCUT2D eigenvalue weighted by atomic mass is 9.97. The fourth-order valence-electron chi connectivity index (χ4n) is 3.63. The summed E-state index contributed by atoms with van der Waals surface area (Å²) in [6, 6.07) is 20.1. The van der Waals surface area contributed by atoms with Crippen LogP contribution in [0.25, 0.3) is 11.1 Å². The van der Waals surface area contributed by atoms with Crippen molar-refractivity contribution in [3.63, 3.8) is 0 Å². The van der Waals surface area contributed by atoms with Crippen molar-refractivity contribution in [2.45, 2.75) is 13.5 Å². The second-order valence-electron chi connectivity index (χ2n) is 6.92. The number of benzene rings is 3. The molecule has 1 N–H and O–H groups in total. The lowest BCUT2D eigenvalue weighted by Gasteiger charge is -2.17. The van der Waals surface area contributed by atoms with Gasteiger partial charge in [0.05, 0.1) is 23.4 Å². The molecule has 5 heteroatoms. The predicted octanol–water partition coefficient (Wildman–Crippen LogP) is 5.00. The molecule has 3 aromatic carbocycles. The van der Waals surface area contributed by atoms with Crippen molar-refractivity contribution in [3.8, 4) is 0 Å². The molecule has 0 aliphatic carbocycles. The van der Waals surface area contributed by atoms with E-state index in [0.29, 0.717) is 5.57 Å². The molecule has 0 radical (unpaired) electrons. The molecular formula is C24H18FNO3. The van der Waals surface area contributed by atoms with Gasteiger partial charge in [-0.3, -0.25) is 4.79 Å². The van der Waals surface area contributed by atoms with Gasteiger partial charge in [-0.25, -0.2) is 9.18 Å². The van der Waals surface area contributed by atoms with E-state index in [1.54, 1.807) is 35.2 Å². The molecule has 4 nitrogen and oxygen atoms in total. The van der Waals surface area contributed by atoms with E-state index in [9.17, 15) is 19.1 Å². The minimum atomic E-state index is -1.01. The van der Waals surface area contributed by atoms with E-state index in [4.69, 9.17) is 0 Å². The van der Waals surface area contributed by atoms with Crippen LogP contribution in [0.15, 0.2) is 72.8 Å². The zero-order chi connectivity index (χ0) is 20.5. The van der Waals surface area contributed by atoms with Crippen LogP contribution in [0.1, 0.15) is 34.0 Å². The van der Waals surface area contributed by atoms with Crippen LogP contribution in [-0.2, 0) is 11.3 Å². The second-order valence-corrected chi connectivity index (χ2v) is 6.92. The number of carboxylic acids is 1. The summed E-state index contributed by atoms with van der Waals surface area (Å²) in [7, 11) is 0. The summed E-state index contributed by atoms with van der Waals surface area (Å²) in [5.74, 6) is -1.49. The van der Waals surface area contributed by atoms with Crippen LogP contribution in [-0.4, -0.2) is 17.0 Å². The Balaban J connectivity index is 1.77. The highest BCUT2D eigenvalue weighted by Crippen LogP contribution is 2.41. The van der Waals surface area contributed by atoms with Gasteiger partial charge in [-0.1, -0.05) is 42.5 Å². The Bertz CT molecular complexity index is 1150. The fraction of sp³-hybridized carbons (Fsp3) is 0.0833. The summed E-state index contributed by atoms with van der Waals surface area (Å²) >= 11 is 0. The first-order valence-electron chi connectivity index (χ1n) is 9.16. The van der Waals surface area contributed by atoms with Crippen LogP contribution in [0.4, 0.5) is 10.1 Å². The molecule has 0 aromatic heterocycles. The third-order valence-corrected chi connectivity index (χ3v) is 5.09. The Kier molecular flexibility index (Phi) is 4.72. The highest BCUT2D eigenvalue weighted by Gasteiger charge is 2.33. The minimum absolute atomic E-state index is 0.159. The number of amides is 1. The van der Waals surface area contributed by atoms with Crippen LogP contribution in [0.5, 0.6) is 0 Å². The molecule has 0 saturated heterocycles. The SMILES string of the molecule is C/C(=C1/C(=O)N(Cc2cccc(C(=O)O)c2)c2ccccc21)c1ccc(F)cc1. The van der Waals surface area contributed by atoms with Crippen LogP contribution in [0, 0.1) is 5.82 Å². The summed E-state index contributed by atoms with van der Waals surface area (Å²) in [4.78, 5) is 26.3. The lowest BCUT2D eigenvalue weighted by Crippen LogP contribution is -2.26. The smallest absolute Gasteiger partial charge is 0.335 e. The number of rotatable bonds is 4. The quantitative estimate of drug-likeness (QED) is 0.641. The minimum Gasteiger partial charge on any atom is -0.478 e. The monoisotopic (exact) mass is 387 g/mol. The number of carboxylic acid groups (broad SMARTS) is 1. The van der Waals surface area contributed by atoms with E-state index < -0.39 is 5.97 Å². The molecule has 0 saturated carbocycles. The molecule has 1 heterocycles. The van der Waals surface area contributed by atoms with Crippen LogP contribution in [0.3, 0.4) is 0 Å². The number of carbonyl (C=O) groups is 2. The standard InChI is InChI=1S/C24H18FNO3/c1-15(17-9-11-19(25)12-10-17)22-20-7-2-3-8-21(20)26(23(22)27)14-16-5-4-6-18(13-16)24(28)29/h2-13H,14H2,1H3,(H,28,29)/b22-15-. The van der Waals surface area contributed by atoms with E-state index in [2.05, 4.69) is 0 Å². The Labute approximate surface area is 167 Å². The van der Waals surface area contributed by atoms with E-state index in [0.717, 1.165) is 28.0 Å². The molecule has 1 aliphatic heterocycles. The maximum atomic E-state index is 13.3. The zero-order valence-electron chi connectivity index (χ0n) is 15.7. The van der Waals surface area contributed by atoms with E-state index >= 15 is 0 Å². The highest BCUT2D eigenvalue weighted by atomic mass is 19.1. The van der Waals surface area contributed by atoms with Gasteiger partial charge in [0.25, 0.3) is 5.91 Å². The van der Waals surface area contributed by atoms with Crippen LogP contribution in [0.2, 0.25) is 0 Å². The van der Waals surface area contributed by atoms with Gasteiger partial charge in [0.2, 0.25) is 0 Å². The number of carbonyl (C=O) groups excluding carboxylic acids is 1. The topological polar surface area (TPSA) is 57.6 Å². The zero-order valence-corrected chi connectivity index (χ0v) is 15.7. The molecule has 4 rings (SSSR count). The molecule has 0 unspecified atom stereocenters. The van der Waals surface area contributed by atoms with Gasteiger partial charge in [0.15, 0.2) is 0 Å². The molecule has 1 amide bonds. The maximum Gasteiger partial charge on any atom is 0.335 e. The summed E-state index contributed by atoms with van der Waals surface area (Å²) in [6.45, 7) is 2.11. The van der Waals surface area contributed by atoms with Crippen molar-refractivity contribution in [2.75, 3.05) is 4.90 Å². The summed E-state index contributed by atoms with van der Waals surface area (Å²) in [5, 5.41) is 9.23. The van der Waals surface area contributed by atoms with Gasteiger partial charge in [-0.05, 0) is 54.0 Å². The highest BCUT2D eigenvalue weighted by molar-refractivity contribution is 6.37. The summed E-state index contributed by atoms with van der Waals surface area (Å²) in [5.41, 5.74) is 4.61. The van der Waals surface area contributed by atoms with Crippen molar-refractivity contribution in [3.05, 3.63) is 101 Å². The second kappa shape index (κ2) is 7.36. The van der Waals surface area contributed by atoms with Crippen molar-refractivity contribution < 1.29 is 19.1 Å². The van der Waals surface area contributed by atoms with Gasteiger partial charge >= 0.3 is 5.97 Å². The van der Waals surface area contributed by atoms with Crippen molar-refractivity contribution in [1.29, 1.82) is 0 Å². The van der Waals surface area contributed by atoms with Crippen molar-refractivity contribution in [2.24, 2.45) is 0 Å². The number of nitrogens with zero attached hydrogens (tertiary/aromatic N) is 1. The Morgan fingerprint density at radius 2 is 1.69 bits per heavy atom. The predicted molar refractivity (Wildman–Crippen MR) is 110 cm³/mol. The lowest BCUT2D eigenvalue weighted by molar-refractivity contribution is -0.113. The number of allylic oxidation sites excluding steroid dienone is 1. The Morgan fingerprint density at radius 3 is 2.41 bits per heavy atom. The number of halogens is 1. The average Bonchev–Trinajstić information content (AvgIpc) is 3.00. The maximum absolute atomic E-state index is 13.3. The van der Waals surface area contributed by atoms with Crippen molar-refractivity contribution >= 4 is 28.7 Å². The van der Waals surface area contributed by atoms with Gasteiger partial charge < -0.3 is 10.0 Å². The van der Waals surface area contributed by atoms with Crippen molar-refractivity contribution in [1.82, 2.24) is 0 Å². The molecule has 0 atom stereocenters. The summed E-state index contributed by atoms with van der Waals surface area (Å²) < 4.78 is 13.3. The number of para-hydroxylation sites is 1. The van der Waals surface area contributed by atoms with Gasteiger partial charge in [0, 0.05) is 5.56 Å². The number of hydrogen-bond donors (Lipinski definition) is 1. The van der Waals surface area contributed by atoms with Gasteiger partial charge in [-0.2, -0.15) is 0 Å². The molecule has 144 valence electrons. The first-order chi connectivity index (χ1) is 14.0. The molecule has 3 aromatic rings. The first-order valence-corrected chi connectivity index (χ1v) is 9.16. The normalized spacial score (nSPS) is 14.7. The number of fused-ring (bicyclic) bond motifs is 1. The van der Waals surface area contributed by atoms with Crippen LogP contribution < -0.4 is 4.90 Å². The Morgan fingerprint density at radius 1 is 0.966 bits per heavy atom. The molecule has 29 heavy (non-hydrogen) atoms.